The van der Waals surface area contributed by atoms with Crippen molar-refractivity contribution < 1.29 is 10.2 Å². The molecule has 0 spiro atoms. The van der Waals surface area contributed by atoms with Crippen LogP contribution in [-0.4, -0.2) is 55.2 Å². The van der Waals surface area contributed by atoms with Crippen molar-refractivity contribution in [1.29, 1.82) is 0 Å². The summed E-state index contributed by atoms with van der Waals surface area (Å²) < 4.78 is 2.54. The highest BCUT2D eigenvalue weighted by Crippen LogP contribution is 2.29. The summed E-state index contributed by atoms with van der Waals surface area (Å²) in [4.78, 5) is 6.87. The van der Waals surface area contributed by atoms with Gasteiger partial charge in [0.15, 0.2) is 5.65 Å². The Bertz CT molecular complexity index is 1220. The number of nitrogens with one attached hydrogen (secondary N) is 1. The van der Waals surface area contributed by atoms with E-state index in [1.807, 2.05) is 36.4 Å². The minimum atomic E-state index is 0.162. The number of rotatable bonds is 9. The molecule has 2 aromatic heterocycles. The second-order valence-electron chi connectivity index (χ2n) is 7.46. The Balaban J connectivity index is 1.46. The molecule has 7 nitrogen and oxygen atoms in total. The van der Waals surface area contributed by atoms with Gasteiger partial charge in [-0.1, -0.05) is 52.9 Å². The SMILES string of the molecule is [B]c1cnn2c(NCCCN(CI)Cc3ccccc3O)cc(-c3ccccc3O)nc12. The summed E-state index contributed by atoms with van der Waals surface area (Å²) in [7, 11) is 6.06. The first kappa shape index (κ1) is 22.4. The number of hydrogen-bond donors (Lipinski definition) is 3. The number of aromatic nitrogens is 3. The Labute approximate surface area is 201 Å². The zero-order valence-corrected chi connectivity index (χ0v) is 19.6. The Kier molecular flexibility index (Phi) is 7.16. The summed E-state index contributed by atoms with van der Waals surface area (Å²) in [5.41, 5.74) is 3.20. The number of phenolic OH excluding ortho intramolecular Hbond substituents is 2. The normalized spacial score (nSPS) is 11.3. The fourth-order valence-electron chi connectivity index (χ4n) is 3.52. The number of para-hydroxylation sites is 2. The molecule has 4 rings (SSSR count). The van der Waals surface area contributed by atoms with Crippen LogP contribution in [0.2, 0.25) is 0 Å². The van der Waals surface area contributed by atoms with Gasteiger partial charge in [0, 0.05) is 43.0 Å². The molecule has 32 heavy (non-hydrogen) atoms. The number of aromatic hydroxyl groups is 2. The van der Waals surface area contributed by atoms with Crippen LogP contribution >= 0.6 is 22.6 Å². The number of nitrogens with zero attached hydrogens (tertiary/aromatic N) is 4. The molecule has 3 N–H and O–H groups in total. The van der Waals surface area contributed by atoms with Crippen LogP contribution in [0.5, 0.6) is 11.5 Å². The molecule has 0 bridgehead atoms. The van der Waals surface area contributed by atoms with Crippen LogP contribution in [0.1, 0.15) is 12.0 Å². The van der Waals surface area contributed by atoms with Crippen LogP contribution in [0.25, 0.3) is 16.9 Å². The molecule has 2 heterocycles. The minimum absolute atomic E-state index is 0.162. The van der Waals surface area contributed by atoms with Crippen LogP contribution < -0.4 is 10.8 Å². The van der Waals surface area contributed by atoms with Crippen molar-refractivity contribution in [3.8, 4) is 22.8 Å². The third kappa shape index (κ3) is 4.99. The fourth-order valence-corrected chi connectivity index (χ4v) is 4.10. The Morgan fingerprint density at radius 1 is 1.06 bits per heavy atom. The van der Waals surface area contributed by atoms with Crippen molar-refractivity contribution in [2.75, 3.05) is 23.0 Å². The van der Waals surface area contributed by atoms with Gasteiger partial charge in [-0.15, -0.1) is 0 Å². The van der Waals surface area contributed by atoms with Gasteiger partial charge in [0.1, 0.15) is 25.2 Å². The summed E-state index contributed by atoms with van der Waals surface area (Å²) in [6, 6.07) is 16.4. The van der Waals surface area contributed by atoms with E-state index in [0.29, 0.717) is 41.2 Å². The maximum atomic E-state index is 10.3. The fraction of sp³-hybridized carbons (Fsp3) is 0.217. The third-order valence-corrected chi connectivity index (χ3v) is 6.16. The van der Waals surface area contributed by atoms with Crippen molar-refractivity contribution in [2.45, 2.75) is 13.0 Å². The van der Waals surface area contributed by atoms with E-state index in [4.69, 9.17) is 7.85 Å². The molecule has 9 heteroatoms. The lowest BCUT2D eigenvalue weighted by atomic mass is 10.0. The molecule has 2 radical (unpaired) electrons. The molecule has 0 aliphatic rings. The van der Waals surface area contributed by atoms with E-state index >= 15 is 0 Å². The van der Waals surface area contributed by atoms with E-state index < -0.39 is 0 Å². The zero-order valence-electron chi connectivity index (χ0n) is 17.4. The molecule has 2 aromatic carbocycles. The third-order valence-electron chi connectivity index (χ3n) is 5.19. The number of anilines is 1. The molecular weight excluding hydrogens is 516 g/mol. The number of alkyl halides is 1. The van der Waals surface area contributed by atoms with E-state index in [-0.39, 0.29) is 5.75 Å². The second-order valence-corrected chi connectivity index (χ2v) is 8.14. The van der Waals surface area contributed by atoms with E-state index in [2.05, 4.69) is 42.9 Å². The minimum Gasteiger partial charge on any atom is -0.508 e. The summed E-state index contributed by atoms with van der Waals surface area (Å²) in [5.74, 6) is 1.24. The molecule has 0 aliphatic heterocycles. The Morgan fingerprint density at radius 3 is 2.56 bits per heavy atom. The van der Waals surface area contributed by atoms with Crippen molar-refractivity contribution in [2.24, 2.45) is 0 Å². The van der Waals surface area contributed by atoms with Crippen LogP contribution in [0, 0.1) is 0 Å². The number of benzene rings is 2. The Hall–Kier alpha value is -2.79. The Morgan fingerprint density at radius 2 is 1.81 bits per heavy atom. The number of fused-ring (bicyclic) bond motifs is 1. The molecule has 162 valence electrons. The standard InChI is InChI=1S/C23H23BIN5O2/c24-18-13-27-30-22(12-19(28-23(18)30)17-7-2-4-9-21(17)32)26-10-5-11-29(15-25)14-16-6-1-3-8-20(16)31/h1-4,6-9,12-13,26,31-32H,5,10-11,14-15H2. The summed E-state index contributed by atoms with van der Waals surface area (Å²) >= 11 is 2.34. The molecule has 0 aliphatic carbocycles. The topological polar surface area (TPSA) is 85.9 Å². The lowest BCUT2D eigenvalue weighted by Gasteiger charge is -2.20. The van der Waals surface area contributed by atoms with Crippen LogP contribution in [0.3, 0.4) is 0 Å². The van der Waals surface area contributed by atoms with E-state index in [1.54, 1.807) is 28.9 Å². The van der Waals surface area contributed by atoms with Gasteiger partial charge >= 0.3 is 0 Å². The largest absolute Gasteiger partial charge is 0.508 e. The molecule has 0 amide bonds. The summed E-state index contributed by atoms with van der Waals surface area (Å²) in [6.07, 6.45) is 2.47. The lowest BCUT2D eigenvalue weighted by molar-refractivity contribution is 0.313. The van der Waals surface area contributed by atoms with Gasteiger partial charge < -0.3 is 15.5 Å². The molecule has 4 aromatic rings. The second kappa shape index (κ2) is 10.2. The number of hydrogen-bond acceptors (Lipinski definition) is 6. The van der Waals surface area contributed by atoms with Gasteiger partial charge in [-0.25, -0.2) is 4.98 Å². The van der Waals surface area contributed by atoms with Gasteiger partial charge in [-0.05, 0) is 30.1 Å². The highest BCUT2D eigenvalue weighted by molar-refractivity contribution is 14.1. The number of phenols is 2. The average Bonchev–Trinajstić information content (AvgIpc) is 3.18. The molecule has 0 saturated heterocycles. The van der Waals surface area contributed by atoms with Crippen LogP contribution in [0.4, 0.5) is 5.82 Å². The van der Waals surface area contributed by atoms with E-state index in [9.17, 15) is 10.2 Å². The van der Waals surface area contributed by atoms with Gasteiger partial charge in [0.25, 0.3) is 0 Å². The van der Waals surface area contributed by atoms with E-state index in [0.717, 1.165) is 28.9 Å². The highest BCUT2D eigenvalue weighted by atomic mass is 127. The van der Waals surface area contributed by atoms with Crippen molar-refractivity contribution >= 4 is 47.4 Å². The van der Waals surface area contributed by atoms with Gasteiger partial charge in [0.2, 0.25) is 0 Å². The summed E-state index contributed by atoms with van der Waals surface area (Å²) in [6.45, 7) is 2.28. The molecular formula is C23H23BIN5O2. The predicted octanol–water partition coefficient (Wildman–Crippen LogP) is 3.30. The quantitative estimate of drug-likeness (QED) is 0.0996. The van der Waals surface area contributed by atoms with Crippen LogP contribution in [-0.2, 0) is 6.54 Å². The molecule has 0 saturated carbocycles. The smallest absolute Gasteiger partial charge is 0.150 e. The molecule has 0 unspecified atom stereocenters. The first-order chi connectivity index (χ1) is 15.6. The zero-order chi connectivity index (χ0) is 22.5. The van der Waals surface area contributed by atoms with E-state index in [1.165, 1.54) is 0 Å². The van der Waals surface area contributed by atoms with Gasteiger partial charge in [0.05, 0.1) is 10.2 Å². The van der Waals surface area contributed by atoms with Crippen LogP contribution in [0.15, 0.2) is 60.8 Å². The lowest BCUT2D eigenvalue weighted by Crippen LogP contribution is -2.24. The van der Waals surface area contributed by atoms with Crippen molar-refractivity contribution in [3.63, 3.8) is 0 Å². The average molecular weight is 539 g/mol. The maximum Gasteiger partial charge on any atom is 0.150 e. The molecule has 0 atom stereocenters. The molecule has 0 fully saturated rings. The first-order valence-corrected chi connectivity index (χ1v) is 11.8. The monoisotopic (exact) mass is 539 g/mol. The van der Waals surface area contributed by atoms with Crippen molar-refractivity contribution in [1.82, 2.24) is 19.5 Å². The summed E-state index contributed by atoms with van der Waals surface area (Å²) in [5, 5.41) is 28.0. The number of halogens is 1. The van der Waals surface area contributed by atoms with Crippen molar-refractivity contribution in [3.05, 3.63) is 66.4 Å². The van der Waals surface area contributed by atoms with Gasteiger partial charge in [-0.3, -0.25) is 4.90 Å². The predicted molar refractivity (Wildman–Crippen MR) is 136 cm³/mol. The van der Waals surface area contributed by atoms with Gasteiger partial charge in [-0.2, -0.15) is 9.61 Å². The maximum absolute atomic E-state index is 10.3. The highest BCUT2D eigenvalue weighted by Gasteiger charge is 2.13. The first-order valence-electron chi connectivity index (χ1n) is 10.3.